The molecule has 1 heterocycles. The van der Waals surface area contributed by atoms with E-state index in [1.54, 1.807) is 9.80 Å². The normalized spacial score (nSPS) is 14.0. The number of carboxylic acid groups (broad SMARTS) is 1. The van der Waals surface area contributed by atoms with Crippen molar-refractivity contribution in [2.45, 2.75) is 64.5 Å². The van der Waals surface area contributed by atoms with Crippen LogP contribution in [0.25, 0.3) is 11.1 Å². The van der Waals surface area contributed by atoms with Crippen molar-refractivity contribution in [2.75, 3.05) is 24.6 Å². The minimum absolute atomic E-state index is 0.0654. The molecule has 8 nitrogen and oxygen atoms in total. The molecule has 0 saturated heterocycles. The van der Waals surface area contributed by atoms with Crippen molar-refractivity contribution in [1.29, 1.82) is 0 Å². The van der Waals surface area contributed by atoms with Gasteiger partial charge >= 0.3 is 18.2 Å². The summed E-state index contributed by atoms with van der Waals surface area (Å²) >= 11 is 0. The van der Waals surface area contributed by atoms with Crippen molar-refractivity contribution in [3.05, 3.63) is 89.0 Å². The van der Waals surface area contributed by atoms with E-state index in [1.165, 1.54) is 0 Å². The van der Waals surface area contributed by atoms with Crippen LogP contribution >= 0.6 is 0 Å². The van der Waals surface area contributed by atoms with Gasteiger partial charge in [-0.15, -0.1) is 0 Å². The van der Waals surface area contributed by atoms with Crippen molar-refractivity contribution in [3.63, 3.8) is 0 Å². The van der Waals surface area contributed by atoms with Crippen molar-refractivity contribution < 1.29 is 29.0 Å². The van der Waals surface area contributed by atoms with E-state index < -0.39 is 23.8 Å². The molecule has 5 rings (SSSR count). The van der Waals surface area contributed by atoms with E-state index in [4.69, 9.17) is 9.47 Å². The van der Waals surface area contributed by atoms with Crippen LogP contribution in [0.1, 0.15) is 68.2 Å². The first-order valence-corrected chi connectivity index (χ1v) is 14.6. The molecule has 0 bridgehead atoms. The molecule has 42 heavy (non-hydrogen) atoms. The maximum atomic E-state index is 13.6. The van der Waals surface area contributed by atoms with E-state index >= 15 is 0 Å². The summed E-state index contributed by atoms with van der Waals surface area (Å²) in [7, 11) is 0. The van der Waals surface area contributed by atoms with E-state index in [-0.39, 0.29) is 38.5 Å². The van der Waals surface area contributed by atoms with Gasteiger partial charge in [-0.25, -0.2) is 9.59 Å². The van der Waals surface area contributed by atoms with E-state index in [0.717, 1.165) is 51.9 Å². The highest BCUT2D eigenvalue weighted by molar-refractivity contribution is 5.91. The van der Waals surface area contributed by atoms with Crippen LogP contribution in [0.3, 0.4) is 0 Å². The topological polar surface area (TPSA) is 96.4 Å². The van der Waals surface area contributed by atoms with Crippen LogP contribution < -0.4 is 4.90 Å². The molecular weight excluding hydrogens is 532 g/mol. The van der Waals surface area contributed by atoms with Gasteiger partial charge in [0.2, 0.25) is 0 Å². The Morgan fingerprint density at radius 2 is 1.62 bits per heavy atom. The molecule has 0 saturated carbocycles. The predicted octanol–water partition coefficient (Wildman–Crippen LogP) is 6.99. The van der Waals surface area contributed by atoms with Crippen molar-refractivity contribution in [1.82, 2.24) is 4.90 Å². The number of ether oxygens (including phenoxy) is 2. The fraction of sp³-hybridized carbons (Fsp3) is 0.382. The maximum absolute atomic E-state index is 13.6. The molecule has 1 N–H and O–H groups in total. The average molecular weight is 571 g/mol. The van der Waals surface area contributed by atoms with Crippen LogP contribution in [-0.4, -0.2) is 53.5 Å². The van der Waals surface area contributed by atoms with Gasteiger partial charge < -0.3 is 19.5 Å². The third-order valence-corrected chi connectivity index (χ3v) is 7.69. The number of carboxylic acids is 1. The molecule has 0 atom stereocenters. The standard InChI is InChI=1S/C34H38N2O6/c1-34(2,3)42-33(40)36-20-9-13-23-11-8-12-24(31(23)36)21-35(19-10-18-30(37)38)32(39)41-22-29-27-16-6-4-14-25(27)26-15-5-7-17-28(26)29/h4-8,11-12,14-17,29H,9-10,13,18-22H2,1-3H3,(H,37,38). The average Bonchev–Trinajstić information content (AvgIpc) is 3.27. The number of hydrogen-bond donors (Lipinski definition) is 1. The molecule has 1 aliphatic heterocycles. The fourth-order valence-corrected chi connectivity index (χ4v) is 5.91. The molecule has 0 aromatic heterocycles. The molecular formula is C34H38N2O6. The summed E-state index contributed by atoms with van der Waals surface area (Å²) in [6.45, 7) is 6.58. The van der Waals surface area contributed by atoms with Gasteiger partial charge in [0.15, 0.2) is 0 Å². The van der Waals surface area contributed by atoms with Crippen LogP contribution in [-0.2, 0) is 27.2 Å². The summed E-state index contributed by atoms with van der Waals surface area (Å²) in [5.41, 5.74) is 6.45. The first-order valence-electron chi connectivity index (χ1n) is 14.6. The first kappa shape index (κ1) is 29.2. The number of aliphatic carboxylic acids is 1. The molecule has 0 fully saturated rings. The number of carbonyl (C=O) groups excluding carboxylic acids is 2. The van der Waals surface area contributed by atoms with Gasteiger partial charge in [0, 0.05) is 25.4 Å². The van der Waals surface area contributed by atoms with Gasteiger partial charge in [0.1, 0.15) is 12.2 Å². The Bertz CT molecular complexity index is 1430. The minimum atomic E-state index is -0.921. The molecule has 1 aliphatic carbocycles. The van der Waals surface area contributed by atoms with Gasteiger partial charge in [-0.1, -0.05) is 66.7 Å². The van der Waals surface area contributed by atoms with Gasteiger partial charge in [0.05, 0.1) is 12.2 Å². The number of fused-ring (bicyclic) bond motifs is 4. The zero-order chi connectivity index (χ0) is 29.9. The van der Waals surface area contributed by atoms with Gasteiger partial charge in [-0.2, -0.15) is 0 Å². The smallest absolute Gasteiger partial charge is 0.414 e. The van der Waals surface area contributed by atoms with Crippen LogP contribution in [0, 0.1) is 0 Å². The van der Waals surface area contributed by atoms with E-state index in [9.17, 15) is 19.5 Å². The lowest BCUT2D eigenvalue weighted by Gasteiger charge is -2.34. The second-order valence-electron chi connectivity index (χ2n) is 11.9. The molecule has 0 spiro atoms. The highest BCUT2D eigenvalue weighted by Crippen LogP contribution is 2.44. The number of carbonyl (C=O) groups is 3. The van der Waals surface area contributed by atoms with Crippen molar-refractivity contribution in [2.24, 2.45) is 0 Å². The quantitative estimate of drug-likeness (QED) is 0.314. The number of aryl methyl sites for hydroxylation is 1. The molecule has 220 valence electrons. The zero-order valence-corrected chi connectivity index (χ0v) is 24.5. The summed E-state index contributed by atoms with van der Waals surface area (Å²) in [6, 6.07) is 22.1. The van der Waals surface area contributed by atoms with E-state index in [0.29, 0.717) is 6.54 Å². The molecule has 3 aromatic carbocycles. The lowest BCUT2D eigenvalue weighted by Crippen LogP contribution is -2.41. The Kier molecular flexibility index (Phi) is 8.52. The Morgan fingerprint density at radius 1 is 0.952 bits per heavy atom. The highest BCUT2D eigenvalue weighted by Gasteiger charge is 2.32. The van der Waals surface area contributed by atoms with E-state index in [2.05, 4.69) is 24.3 Å². The number of para-hydroxylation sites is 1. The number of rotatable bonds is 8. The Morgan fingerprint density at radius 3 is 2.26 bits per heavy atom. The predicted molar refractivity (Wildman–Crippen MR) is 161 cm³/mol. The molecule has 8 heteroatoms. The monoisotopic (exact) mass is 570 g/mol. The third kappa shape index (κ3) is 6.43. The van der Waals surface area contributed by atoms with Crippen LogP contribution in [0.4, 0.5) is 15.3 Å². The summed E-state index contributed by atoms with van der Waals surface area (Å²) < 4.78 is 11.7. The second-order valence-corrected chi connectivity index (χ2v) is 11.9. The Hall–Kier alpha value is -4.33. The zero-order valence-electron chi connectivity index (χ0n) is 24.5. The molecule has 2 amide bonds. The number of amides is 2. The number of benzene rings is 3. The summed E-state index contributed by atoms with van der Waals surface area (Å²) in [6.07, 6.45) is 0.902. The second kappa shape index (κ2) is 12.3. The van der Waals surface area contributed by atoms with Crippen LogP contribution in [0.15, 0.2) is 66.7 Å². The fourth-order valence-electron chi connectivity index (χ4n) is 5.91. The molecule has 3 aromatic rings. The van der Waals surface area contributed by atoms with Crippen LogP contribution in [0.5, 0.6) is 0 Å². The molecule has 2 aliphatic rings. The number of anilines is 1. The maximum Gasteiger partial charge on any atom is 0.414 e. The molecule has 0 radical (unpaired) electrons. The highest BCUT2D eigenvalue weighted by atomic mass is 16.6. The van der Waals surface area contributed by atoms with Gasteiger partial charge in [-0.05, 0) is 73.4 Å². The molecule has 0 unspecified atom stereocenters. The van der Waals surface area contributed by atoms with Crippen LogP contribution in [0.2, 0.25) is 0 Å². The number of hydrogen-bond acceptors (Lipinski definition) is 5. The summed E-state index contributed by atoms with van der Waals surface area (Å²) in [5.74, 6) is -1.01. The van der Waals surface area contributed by atoms with Gasteiger partial charge in [-0.3, -0.25) is 9.69 Å². The SMILES string of the molecule is CC(C)(C)OC(=O)N1CCCc2cccc(CN(CCCC(=O)O)C(=O)OCC3c4ccccc4-c4ccccc43)c21. The van der Waals surface area contributed by atoms with E-state index in [1.807, 2.05) is 63.2 Å². The lowest BCUT2D eigenvalue weighted by atomic mass is 9.97. The summed E-state index contributed by atoms with van der Waals surface area (Å²) in [5, 5.41) is 9.24. The Balaban J connectivity index is 1.38. The summed E-state index contributed by atoms with van der Waals surface area (Å²) in [4.78, 5) is 41.3. The lowest BCUT2D eigenvalue weighted by molar-refractivity contribution is -0.137. The van der Waals surface area contributed by atoms with Crippen molar-refractivity contribution >= 4 is 23.8 Å². The third-order valence-electron chi connectivity index (χ3n) is 7.69. The largest absolute Gasteiger partial charge is 0.481 e. The first-order chi connectivity index (χ1) is 20.1. The number of nitrogens with zero attached hydrogens (tertiary/aromatic N) is 2. The van der Waals surface area contributed by atoms with Gasteiger partial charge in [0.25, 0.3) is 0 Å². The van der Waals surface area contributed by atoms with Crippen molar-refractivity contribution in [3.8, 4) is 11.1 Å². The minimum Gasteiger partial charge on any atom is -0.481 e. The Labute approximate surface area is 246 Å².